The summed E-state index contributed by atoms with van der Waals surface area (Å²) in [4.78, 5) is 43.0. The van der Waals surface area contributed by atoms with Gasteiger partial charge in [-0.3, -0.25) is 4.52 Å². The van der Waals surface area contributed by atoms with Crippen molar-refractivity contribution in [1.82, 2.24) is 5.32 Å². The normalized spacial score (nSPS) is 26.2. The molecule has 2 rings (SSSR count). The number of allylic oxidation sites excluding steroid dienone is 3. The van der Waals surface area contributed by atoms with Gasteiger partial charge in [0.1, 0.15) is 24.4 Å². The van der Waals surface area contributed by atoms with Crippen LogP contribution in [0.3, 0.4) is 0 Å². The minimum Gasteiger partial charge on any atom is -0.454 e. The minimum atomic E-state index is -5.17. The fourth-order valence-electron chi connectivity index (χ4n) is 4.88. The number of nitrogens with one attached hydrogen (secondary N) is 1. The number of ether oxygens (including phenoxy) is 2. The van der Waals surface area contributed by atoms with Crippen molar-refractivity contribution in [3.8, 4) is 0 Å². The lowest BCUT2D eigenvalue weighted by molar-refractivity contribution is -0.143. The standard InChI is InChI=1S/C29H44NO11P/c1-3-18-39-28(34)30-17-16-29(35,15-14-25-22(4-2)12-13-27(33)40-25)26(41-42(36,37)38)20-24(32)10-6-5-8-21-9-7-11-23(31)19-21/h3,5-6,8,10,12-15,21-26,31-32,35H,1,4,7,9,11,16-20H2,2H3,(H,30,34)(H2,36,37,38)/b8-5-,10-6-,15-14+/t21-,22+,23+,24+,25+,26-,29+/m1/s1. The Balaban J connectivity index is 2.25. The van der Waals surface area contributed by atoms with E-state index >= 15 is 0 Å². The number of cyclic esters (lactones) is 1. The molecular weight excluding hydrogens is 569 g/mol. The number of amides is 1. The van der Waals surface area contributed by atoms with Gasteiger partial charge in [0, 0.05) is 25.0 Å². The third-order valence-corrected chi connectivity index (χ3v) is 7.65. The number of hydrogen-bond acceptors (Lipinski definition) is 9. The maximum Gasteiger partial charge on any atom is 0.469 e. The first-order valence-electron chi connectivity index (χ1n) is 14.1. The first kappa shape index (κ1) is 35.6. The van der Waals surface area contributed by atoms with Crippen LogP contribution in [0.4, 0.5) is 4.79 Å². The van der Waals surface area contributed by atoms with Gasteiger partial charge in [-0.1, -0.05) is 62.5 Å². The summed E-state index contributed by atoms with van der Waals surface area (Å²) in [6.45, 7) is 5.09. The van der Waals surface area contributed by atoms with Crippen LogP contribution >= 0.6 is 7.82 Å². The molecule has 7 atom stereocenters. The number of rotatable bonds is 16. The van der Waals surface area contributed by atoms with Crippen molar-refractivity contribution in [1.29, 1.82) is 0 Å². The van der Waals surface area contributed by atoms with Gasteiger partial charge >= 0.3 is 19.9 Å². The summed E-state index contributed by atoms with van der Waals surface area (Å²) in [5.41, 5.74) is -2.14. The second kappa shape index (κ2) is 17.5. The highest BCUT2D eigenvalue weighted by molar-refractivity contribution is 7.46. The number of phosphoric ester groups is 1. The van der Waals surface area contributed by atoms with Crippen LogP contribution in [0.25, 0.3) is 0 Å². The molecule has 1 aliphatic heterocycles. The van der Waals surface area contributed by atoms with Crippen molar-refractivity contribution in [3.63, 3.8) is 0 Å². The Labute approximate surface area is 246 Å². The number of aliphatic hydroxyl groups is 3. The van der Waals surface area contributed by atoms with Crippen molar-refractivity contribution in [2.45, 2.75) is 81.9 Å². The number of carbonyl (C=O) groups excluding carboxylic acids is 2. The van der Waals surface area contributed by atoms with E-state index in [1.54, 1.807) is 18.2 Å². The minimum absolute atomic E-state index is 0.0484. The maximum atomic E-state index is 11.9. The van der Waals surface area contributed by atoms with E-state index in [1.165, 1.54) is 30.4 Å². The molecule has 236 valence electrons. The smallest absolute Gasteiger partial charge is 0.454 e. The van der Waals surface area contributed by atoms with Crippen molar-refractivity contribution < 1.29 is 53.3 Å². The van der Waals surface area contributed by atoms with E-state index in [0.717, 1.165) is 19.3 Å². The van der Waals surface area contributed by atoms with Gasteiger partial charge in [-0.05, 0) is 44.1 Å². The van der Waals surface area contributed by atoms with Gasteiger partial charge in [0.15, 0.2) is 0 Å². The van der Waals surface area contributed by atoms with Gasteiger partial charge in [0.25, 0.3) is 0 Å². The van der Waals surface area contributed by atoms with E-state index in [-0.39, 0.29) is 37.5 Å². The zero-order valence-corrected chi connectivity index (χ0v) is 24.8. The number of carbonyl (C=O) groups is 2. The molecule has 0 unspecified atom stereocenters. The highest BCUT2D eigenvalue weighted by atomic mass is 31.2. The zero-order valence-electron chi connectivity index (χ0n) is 23.9. The molecular formula is C29H44NO11P. The third kappa shape index (κ3) is 13.2. The Morgan fingerprint density at radius 1 is 1.31 bits per heavy atom. The van der Waals surface area contributed by atoms with Crippen molar-refractivity contribution in [2.75, 3.05) is 13.2 Å². The number of alkyl carbamates (subject to hydrolysis) is 1. The molecule has 0 radical (unpaired) electrons. The molecule has 0 bridgehead atoms. The van der Waals surface area contributed by atoms with Gasteiger partial charge < -0.3 is 39.9 Å². The Morgan fingerprint density at radius 2 is 2.07 bits per heavy atom. The molecule has 1 saturated carbocycles. The van der Waals surface area contributed by atoms with Crippen molar-refractivity contribution in [2.24, 2.45) is 11.8 Å². The monoisotopic (exact) mass is 613 g/mol. The van der Waals surface area contributed by atoms with E-state index in [4.69, 9.17) is 14.0 Å². The summed E-state index contributed by atoms with van der Waals surface area (Å²) in [7, 11) is -5.17. The van der Waals surface area contributed by atoms with Gasteiger partial charge in [-0.25, -0.2) is 14.2 Å². The second-order valence-electron chi connectivity index (χ2n) is 10.5. The van der Waals surface area contributed by atoms with Gasteiger partial charge in [-0.15, -0.1) is 0 Å². The topological polar surface area (TPSA) is 192 Å². The highest BCUT2D eigenvalue weighted by Gasteiger charge is 2.41. The van der Waals surface area contributed by atoms with E-state index in [0.29, 0.717) is 12.8 Å². The fraction of sp³-hybridized carbons (Fsp3) is 0.586. The summed E-state index contributed by atoms with van der Waals surface area (Å²) in [5, 5.41) is 34.7. The molecule has 0 saturated heterocycles. The summed E-state index contributed by atoms with van der Waals surface area (Å²) in [6, 6.07) is 0. The van der Waals surface area contributed by atoms with Crippen LogP contribution in [0, 0.1) is 11.8 Å². The van der Waals surface area contributed by atoms with Crippen LogP contribution < -0.4 is 5.32 Å². The lowest BCUT2D eigenvalue weighted by Gasteiger charge is -2.35. The van der Waals surface area contributed by atoms with Crippen LogP contribution in [-0.4, -0.2) is 80.3 Å². The fourth-order valence-corrected chi connectivity index (χ4v) is 5.48. The Kier molecular flexibility index (Phi) is 14.9. The van der Waals surface area contributed by atoms with Gasteiger partial charge in [0.05, 0.1) is 12.2 Å². The molecule has 12 nitrogen and oxygen atoms in total. The lowest BCUT2D eigenvalue weighted by atomic mass is 9.86. The molecule has 2 aliphatic rings. The number of hydrogen-bond donors (Lipinski definition) is 6. The van der Waals surface area contributed by atoms with E-state index < -0.39 is 50.2 Å². The van der Waals surface area contributed by atoms with E-state index in [9.17, 15) is 39.3 Å². The largest absolute Gasteiger partial charge is 0.469 e. The average Bonchev–Trinajstić information content (AvgIpc) is 2.92. The van der Waals surface area contributed by atoms with Crippen LogP contribution in [0.5, 0.6) is 0 Å². The number of aliphatic hydroxyl groups excluding tert-OH is 2. The molecule has 6 N–H and O–H groups in total. The van der Waals surface area contributed by atoms with E-state index in [1.807, 2.05) is 13.0 Å². The summed E-state index contributed by atoms with van der Waals surface area (Å²) >= 11 is 0. The number of phosphoric acid groups is 1. The lowest BCUT2D eigenvalue weighted by Crippen LogP contribution is -2.46. The van der Waals surface area contributed by atoms with Crippen LogP contribution in [0.2, 0.25) is 0 Å². The van der Waals surface area contributed by atoms with Crippen molar-refractivity contribution in [3.05, 3.63) is 61.3 Å². The summed E-state index contributed by atoms with van der Waals surface area (Å²) < 4.78 is 27.1. The van der Waals surface area contributed by atoms with Gasteiger partial charge in [-0.2, -0.15) is 0 Å². The molecule has 1 fully saturated rings. The average molecular weight is 614 g/mol. The number of esters is 1. The quantitative estimate of drug-likeness (QED) is 0.0649. The molecule has 0 aromatic heterocycles. The second-order valence-corrected chi connectivity index (χ2v) is 11.7. The SMILES string of the molecule is C=CCOC(=O)NCC[C@@](O)(/C=C/[C@@H]1OC(=O)C=C[C@@H]1CC)[C@@H](C[C@@H](O)/C=C\C=C/[C@@H]1CCC[C@H](O)C1)OP(=O)(O)O. The van der Waals surface area contributed by atoms with Crippen LogP contribution in [-0.2, 0) is 23.4 Å². The van der Waals surface area contributed by atoms with Crippen molar-refractivity contribution >= 4 is 19.9 Å². The highest BCUT2D eigenvalue weighted by Crippen LogP contribution is 2.42. The van der Waals surface area contributed by atoms with E-state index in [2.05, 4.69) is 11.9 Å². The molecule has 0 aromatic rings. The Bertz CT molecular complexity index is 1050. The maximum absolute atomic E-state index is 11.9. The predicted molar refractivity (Wildman–Crippen MR) is 155 cm³/mol. The van der Waals surface area contributed by atoms with Crippen LogP contribution in [0.15, 0.2) is 61.3 Å². The Morgan fingerprint density at radius 3 is 2.74 bits per heavy atom. The first-order chi connectivity index (χ1) is 19.8. The summed E-state index contributed by atoms with van der Waals surface area (Å²) in [5.74, 6) is -0.580. The molecule has 1 heterocycles. The molecule has 1 amide bonds. The Hall–Kier alpha value is -2.57. The molecule has 13 heteroatoms. The molecule has 0 spiro atoms. The predicted octanol–water partition coefficient (Wildman–Crippen LogP) is 2.98. The van der Waals surface area contributed by atoms with Gasteiger partial charge in [0.2, 0.25) is 0 Å². The first-order valence-corrected chi connectivity index (χ1v) is 15.6. The molecule has 1 aliphatic carbocycles. The summed E-state index contributed by atoms with van der Waals surface area (Å²) in [6.07, 6.45) is 11.9. The zero-order chi connectivity index (χ0) is 31.2. The molecule has 0 aromatic carbocycles. The third-order valence-electron chi connectivity index (χ3n) is 7.12. The van der Waals surface area contributed by atoms with Crippen LogP contribution in [0.1, 0.15) is 51.9 Å². The molecule has 42 heavy (non-hydrogen) atoms.